The Kier molecular flexibility index (Phi) is 4.20. The van der Waals surface area contributed by atoms with E-state index in [0.29, 0.717) is 0 Å². The van der Waals surface area contributed by atoms with E-state index in [1.807, 2.05) is 48.5 Å². The summed E-state index contributed by atoms with van der Waals surface area (Å²) in [7, 11) is 1.40. The number of rotatable bonds is 4. The summed E-state index contributed by atoms with van der Waals surface area (Å²) < 4.78 is 4.82. The highest BCUT2D eigenvalue weighted by Crippen LogP contribution is 2.33. The minimum atomic E-state index is -0.275. The maximum absolute atomic E-state index is 11.8. The van der Waals surface area contributed by atoms with Gasteiger partial charge in [-0.2, -0.15) is 0 Å². The van der Waals surface area contributed by atoms with Crippen LogP contribution in [0.4, 0.5) is 0 Å². The third-order valence-electron chi connectivity index (χ3n) is 3.85. The maximum atomic E-state index is 11.8. The summed E-state index contributed by atoms with van der Waals surface area (Å²) in [5, 5.41) is 1.01. The molecule has 0 aliphatic heterocycles. The number of hydrogen-bond acceptors (Lipinski definition) is 3. The fourth-order valence-corrected chi connectivity index (χ4v) is 2.76. The van der Waals surface area contributed by atoms with Crippen molar-refractivity contribution in [2.24, 2.45) is 0 Å². The molecule has 1 aromatic heterocycles. The number of ether oxygens (including phenoxy) is 1. The second kappa shape index (κ2) is 6.44. The normalized spacial score (nSPS) is 10.5. The first kappa shape index (κ1) is 15.0. The molecule has 0 saturated heterocycles. The molecule has 0 aliphatic carbocycles. The number of hydrogen-bond donors (Lipinski definition) is 0. The molecule has 0 atom stereocenters. The number of esters is 1. The summed E-state index contributed by atoms with van der Waals surface area (Å²) in [6.07, 6.45) is 3.75. The monoisotopic (exact) mass is 303 g/mol. The van der Waals surface area contributed by atoms with Gasteiger partial charge in [0.05, 0.1) is 19.0 Å². The van der Waals surface area contributed by atoms with Crippen LogP contribution in [-0.4, -0.2) is 18.1 Å². The molecule has 0 saturated carbocycles. The number of aromatic nitrogens is 1. The molecule has 0 unspecified atom stereocenters. The molecule has 0 aliphatic rings. The molecule has 0 amide bonds. The van der Waals surface area contributed by atoms with Crippen molar-refractivity contribution in [2.75, 3.05) is 7.11 Å². The summed E-state index contributed by atoms with van der Waals surface area (Å²) in [6, 6.07) is 16.0. The molecule has 3 aromatic rings. The molecule has 0 spiro atoms. The Morgan fingerprint density at radius 3 is 2.65 bits per heavy atom. The lowest BCUT2D eigenvalue weighted by Gasteiger charge is -2.13. The van der Waals surface area contributed by atoms with Crippen LogP contribution in [0.2, 0.25) is 0 Å². The van der Waals surface area contributed by atoms with Crippen LogP contribution >= 0.6 is 0 Å². The highest BCUT2D eigenvalue weighted by molar-refractivity contribution is 6.00. The minimum absolute atomic E-state index is 0.196. The van der Waals surface area contributed by atoms with Gasteiger partial charge in [0.15, 0.2) is 0 Å². The molecule has 0 fully saturated rings. The summed E-state index contributed by atoms with van der Waals surface area (Å²) in [4.78, 5) is 16.3. The molecule has 0 radical (unpaired) electrons. The van der Waals surface area contributed by atoms with Crippen LogP contribution in [-0.2, 0) is 16.0 Å². The third-order valence-corrected chi connectivity index (χ3v) is 3.85. The molecule has 23 heavy (non-hydrogen) atoms. The molecule has 1 heterocycles. The number of methoxy groups -OCH3 is 1. The van der Waals surface area contributed by atoms with Crippen molar-refractivity contribution in [3.8, 4) is 11.1 Å². The highest BCUT2D eigenvalue weighted by Gasteiger charge is 2.15. The number of benzene rings is 2. The van der Waals surface area contributed by atoms with Gasteiger partial charge < -0.3 is 4.74 Å². The maximum Gasteiger partial charge on any atom is 0.310 e. The predicted molar refractivity (Wildman–Crippen MR) is 93.0 cm³/mol. The van der Waals surface area contributed by atoms with Crippen LogP contribution in [0, 0.1) is 0 Å². The van der Waals surface area contributed by atoms with E-state index < -0.39 is 0 Å². The minimum Gasteiger partial charge on any atom is -0.469 e. The SMILES string of the molecule is C=Cc1cccc2c(-c3ccccc3)c(CC(=O)OC)cnc12. The van der Waals surface area contributed by atoms with Gasteiger partial charge in [-0.1, -0.05) is 61.2 Å². The lowest BCUT2D eigenvalue weighted by molar-refractivity contribution is -0.139. The second-order valence-corrected chi connectivity index (χ2v) is 5.22. The Hall–Kier alpha value is -2.94. The van der Waals surface area contributed by atoms with Crippen LogP contribution in [0.3, 0.4) is 0 Å². The van der Waals surface area contributed by atoms with Crippen LogP contribution < -0.4 is 0 Å². The van der Waals surface area contributed by atoms with Crippen molar-refractivity contribution in [1.82, 2.24) is 4.98 Å². The molecule has 114 valence electrons. The van der Waals surface area contributed by atoms with Gasteiger partial charge in [-0.15, -0.1) is 0 Å². The van der Waals surface area contributed by atoms with Crippen LogP contribution in [0.25, 0.3) is 28.1 Å². The fourth-order valence-electron chi connectivity index (χ4n) is 2.76. The molecule has 3 rings (SSSR count). The average molecular weight is 303 g/mol. The van der Waals surface area contributed by atoms with Crippen LogP contribution in [0.5, 0.6) is 0 Å². The van der Waals surface area contributed by atoms with Crippen molar-refractivity contribution < 1.29 is 9.53 Å². The Labute approximate surface area is 135 Å². The van der Waals surface area contributed by atoms with E-state index in [9.17, 15) is 4.79 Å². The third kappa shape index (κ3) is 2.86. The number of carbonyl (C=O) groups is 1. The van der Waals surface area contributed by atoms with Crippen LogP contribution in [0.15, 0.2) is 61.3 Å². The van der Waals surface area contributed by atoms with Gasteiger partial charge in [-0.3, -0.25) is 9.78 Å². The first-order valence-electron chi connectivity index (χ1n) is 7.40. The van der Waals surface area contributed by atoms with Crippen LogP contribution in [0.1, 0.15) is 11.1 Å². The van der Waals surface area contributed by atoms with Gasteiger partial charge in [-0.05, 0) is 16.7 Å². The number of nitrogens with zero attached hydrogens (tertiary/aromatic N) is 1. The van der Waals surface area contributed by atoms with Crippen molar-refractivity contribution in [3.05, 3.63) is 72.4 Å². The van der Waals surface area contributed by atoms with E-state index in [0.717, 1.165) is 33.2 Å². The van der Waals surface area contributed by atoms with Crippen molar-refractivity contribution in [3.63, 3.8) is 0 Å². The zero-order valence-corrected chi connectivity index (χ0v) is 13.0. The molecular formula is C20H17NO2. The van der Waals surface area contributed by atoms with Crippen molar-refractivity contribution in [2.45, 2.75) is 6.42 Å². The Balaban J connectivity index is 2.32. The van der Waals surface area contributed by atoms with Crippen molar-refractivity contribution in [1.29, 1.82) is 0 Å². The van der Waals surface area contributed by atoms with Crippen molar-refractivity contribution >= 4 is 22.9 Å². The van der Waals surface area contributed by atoms with Gasteiger partial charge in [0, 0.05) is 17.1 Å². The molecule has 0 bridgehead atoms. The van der Waals surface area contributed by atoms with E-state index in [1.165, 1.54) is 7.11 Å². The zero-order chi connectivity index (χ0) is 16.2. The Morgan fingerprint density at radius 1 is 1.17 bits per heavy atom. The van der Waals surface area contributed by atoms with Gasteiger partial charge in [-0.25, -0.2) is 0 Å². The molecule has 3 nitrogen and oxygen atoms in total. The van der Waals surface area contributed by atoms with E-state index in [-0.39, 0.29) is 12.4 Å². The number of fused-ring (bicyclic) bond motifs is 1. The molecule has 3 heteroatoms. The topological polar surface area (TPSA) is 39.2 Å². The number of carbonyl (C=O) groups excluding carboxylic acids is 1. The van der Waals surface area contributed by atoms with Gasteiger partial charge >= 0.3 is 5.97 Å². The first-order valence-corrected chi connectivity index (χ1v) is 7.40. The summed E-state index contributed by atoms with van der Waals surface area (Å²) in [5.74, 6) is -0.275. The predicted octanol–water partition coefficient (Wildman–Crippen LogP) is 4.26. The van der Waals surface area contributed by atoms with E-state index in [4.69, 9.17) is 4.74 Å². The average Bonchev–Trinajstić information content (AvgIpc) is 2.61. The lowest BCUT2D eigenvalue weighted by Crippen LogP contribution is -2.06. The second-order valence-electron chi connectivity index (χ2n) is 5.22. The standard InChI is InChI=1S/C20H17NO2/c1-3-14-10-7-11-17-19(15-8-5-4-6-9-15)16(12-18(22)23-2)13-21-20(14)17/h3-11,13H,1,12H2,2H3. The van der Waals surface area contributed by atoms with E-state index >= 15 is 0 Å². The summed E-state index contributed by atoms with van der Waals surface area (Å²) in [6.45, 7) is 3.85. The largest absolute Gasteiger partial charge is 0.469 e. The number of pyridine rings is 1. The molecule has 2 aromatic carbocycles. The first-order chi connectivity index (χ1) is 11.2. The van der Waals surface area contributed by atoms with E-state index in [2.05, 4.69) is 11.6 Å². The fraction of sp³-hybridized carbons (Fsp3) is 0.100. The van der Waals surface area contributed by atoms with Gasteiger partial charge in [0.25, 0.3) is 0 Å². The summed E-state index contributed by atoms with van der Waals surface area (Å²) in [5.41, 5.74) is 4.79. The zero-order valence-electron chi connectivity index (χ0n) is 13.0. The Morgan fingerprint density at radius 2 is 1.96 bits per heavy atom. The smallest absolute Gasteiger partial charge is 0.310 e. The lowest BCUT2D eigenvalue weighted by atomic mass is 9.93. The quantitative estimate of drug-likeness (QED) is 0.676. The van der Waals surface area contributed by atoms with Gasteiger partial charge in [0.2, 0.25) is 0 Å². The molecular weight excluding hydrogens is 286 g/mol. The van der Waals surface area contributed by atoms with Gasteiger partial charge in [0.1, 0.15) is 0 Å². The van der Waals surface area contributed by atoms with E-state index in [1.54, 1.807) is 12.3 Å². The molecule has 0 N–H and O–H groups in total. The summed E-state index contributed by atoms with van der Waals surface area (Å²) >= 11 is 0. The highest BCUT2D eigenvalue weighted by atomic mass is 16.5. The number of para-hydroxylation sites is 1. The Bertz CT molecular complexity index is 869.